The summed E-state index contributed by atoms with van der Waals surface area (Å²) < 4.78 is 25.6. The molecule has 0 spiro atoms. The summed E-state index contributed by atoms with van der Waals surface area (Å²) in [6, 6.07) is 3.71. The number of pyridine rings is 1. The summed E-state index contributed by atoms with van der Waals surface area (Å²) in [6.45, 7) is 5.40. The zero-order chi connectivity index (χ0) is 25.3. The first-order valence-corrected chi connectivity index (χ1v) is 11.7. The third-order valence-corrected chi connectivity index (χ3v) is 6.27. The predicted molar refractivity (Wildman–Crippen MR) is 128 cm³/mol. The summed E-state index contributed by atoms with van der Waals surface area (Å²) >= 11 is 12.4. The lowest BCUT2D eigenvalue weighted by atomic mass is 10.0. The SMILES string of the molecule is CCOc1c(Cl)cc(Cl)cc1-c1cnc([C@@H](C)NC(=O)C2(NC(=O)c3cnoc3C)CC2)c(F)c1. The van der Waals surface area contributed by atoms with Gasteiger partial charge < -0.3 is 19.9 Å². The van der Waals surface area contributed by atoms with Gasteiger partial charge in [-0.05, 0) is 51.8 Å². The molecule has 0 aliphatic heterocycles. The molecule has 184 valence electrons. The van der Waals surface area contributed by atoms with Crippen LogP contribution in [0.1, 0.15) is 54.5 Å². The molecule has 0 unspecified atom stereocenters. The number of amides is 2. The Kier molecular flexibility index (Phi) is 7.00. The summed E-state index contributed by atoms with van der Waals surface area (Å²) in [6.07, 6.45) is 3.69. The molecule has 2 amide bonds. The van der Waals surface area contributed by atoms with Gasteiger partial charge in [0.1, 0.15) is 28.4 Å². The van der Waals surface area contributed by atoms with E-state index in [1.165, 1.54) is 18.5 Å². The molecule has 2 aromatic heterocycles. The molecule has 0 bridgehead atoms. The van der Waals surface area contributed by atoms with E-state index in [-0.39, 0.29) is 11.3 Å². The van der Waals surface area contributed by atoms with Crippen LogP contribution >= 0.6 is 23.2 Å². The van der Waals surface area contributed by atoms with E-state index in [1.807, 2.05) is 6.92 Å². The molecule has 1 atom stereocenters. The summed E-state index contributed by atoms with van der Waals surface area (Å²) in [5.41, 5.74) is 0.170. The molecule has 35 heavy (non-hydrogen) atoms. The second-order valence-corrected chi connectivity index (χ2v) is 9.16. The fraction of sp³-hybridized carbons (Fsp3) is 0.333. The van der Waals surface area contributed by atoms with Gasteiger partial charge in [-0.15, -0.1) is 0 Å². The van der Waals surface area contributed by atoms with Gasteiger partial charge in [-0.2, -0.15) is 0 Å². The largest absolute Gasteiger partial charge is 0.492 e. The molecule has 2 heterocycles. The van der Waals surface area contributed by atoms with E-state index in [4.69, 9.17) is 32.5 Å². The van der Waals surface area contributed by atoms with Gasteiger partial charge in [-0.25, -0.2) is 4.39 Å². The maximum absolute atomic E-state index is 15.1. The first-order chi connectivity index (χ1) is 16.6. The first kappa shape index (κ1) is 24.9. The van der Waals surface area contributed by atoms with Gasteiger partial charge >= 0.3 is 0 Å². The van der Waals surface area contributed by atoms with Crippen LogP contribution in [0.5, 0.6) is 5.75 Å². The van der Waals surface area contributed by atoms with Crippen molar-refractivity contribution < 1.29 is 23.2 Å². The zero-order valence-corrected chi connectivity index (χ0v) is 20.8. The molecular weight excluding hydrogens is 498 g/mol. The van der Waals surface area contributed by atoms with Crippen molar-refractivity contribution in [2.75, 3.05) is 6.61 Å². The number of carbonyl (C=O) groups is 2. The van der Waals surface area contributed by atoms with Crippen LogP contribution in [0.4, 0.5) is 4.39 Å². The molecule has 4 rings (SSSR count). The maximum Gasteiger partial charge on any atom is 0.257 e. The van der Waals surface area contributed by atoms with Crippen LogP contribution in [0.3, 0.4) is 0 Å². The Hall–Kier alpha value is -3.17. The Bertz CT molecular complexity index is 1290. The van der Waals surface area contributed by atoms with Crippen LogP contribution in [0, 0.1) is 12.7 Å². The number of aryl methyl sites for hydroxylation is 1. The van der Waals surface area contributed by atoms with Crippen molar-refractivity contribution in [3.63, 3.8) is 0 Å². The standard InChI is InChI=1S/C24H23Cl2FN4O4/c1-4-34-21-16(8-15(25)9-18(21)26)14-7-19(27)20(28-10-14)12(2)30-23(33)24(5-6-24)31-22(32)17-11-29-35-13(17)3/h7-12H,4-6H2,1-3H3,(H,30,33)(H,31,32)/t12-/m1/s1. The van der Waals surface area contributed by atoms with Gasteiger partial charge in [0.15, 0.2) is 0 Å². The summed E-state index contributed by atoms with van der Waals surface area (Å²) in [7, 11) is 0. The van der Waals surface area contributed by atoms with Crippen molar-refractivity contribution in [2.45, 2.75) is 45.2 Å². The summed E-state index contributed by atoms with van der Waals surface area (Å²) in [5.74, 6) is -0.765. The van der Waals surface area contributed by atoms with E-state index in [9.17, 15) is 9.59 Å². The Labute approximate surface area is 211 Å². The highest BCUT2D eigenvalue weighted by Gasteiger charge is 2.52. The number of hydrogen-bond acceptors (Lipinski definition) is 6. The van der Waals surface area contributed by atoms with Crippen LogP contribution < -0.4 is 15.4 Å². The Morgan fingerprint density at radius 3 is 2.60 bits per heavy atom. The van der Waals surface area contributed by atoms with E-state index in [1.54, 1.807) is 26.0 Å². The molecule has 11 heteroatoms. The molecule has 1 saturated carbocycles. The number of halogens is 3. The van der Waals surface area contributed by atoms with Gasteiger partial charge in [0, 0.05) is 22.3 Å². The molecule has 1 fully saturated rings. The van der Waals surface area contributed by atoms with E-state index < -0.39 is 29.2 Å². The molecule has 0 radical (unpaired) electrons. The number of nitrogens with one attached hydrogen (secondary N) is 2. The summed E-state index contributed by atoms with van der Waals surface area (Å²) in [5, 5.41) is 9.75. The smallest absolute Gasteiger partial charge is 0.257 e. The van der Waals surface area contributed by atoms with Crippen molar-refractivity contribution in [3.05, 3.63) is 63.5 Å². The van der Waals surface area contributed by atoms with Crippen molar-refractivity contribution in [1.82, 2.24) is 20.8 Å². The minimum atomic E-state index is -1.06. The van der Waals surface area contributed by atoms with Gasteiger partial charge in [-0.1, -0.05) is 28.4 Å². The Morgan fingerprint density at radius 2 is 2.00 bits per heavy atom. The number of benzene rings is 1. The molecular formula is C24H23Cl2FN4O4. The monoisotopic (exact) mass is 520 g/mol. The van der Waals surface area contributed by atoms with Gasteiger partial charge in [0.05, 0.1) is 29.6 Å². The van der Waals surface area contributed by atoms with Crippen molar-refractivity contribution in [1.29, 1.82) is 0 Å². The minimum Gasteiger partial charge on any atom is -0.492 e. The molecule has 8 nitrogen and oxygen atoms in total. The quantitative estimate of drug-likeness (QED) is 0.431. The molecule has 1 aromatic carbocycles. The highest BCUT2D eigenvalue weighted by molar-refractivity contribution is 6.36. The van der Waals surface area contributed by atoms with E-state index >= 15 is 4.39 Å². The van der Waals surface area contributed by atoms with E-state index in [2.05, 4.69) is 20.8 Å². The highest BCUT2D eigenvalue weighted by atomic mass is 35.5. The van der Waals surface area contributed by atoms with E-state index in [0.717, 1.165) is 0 Å². The average molecular weight is 521 g/mol. The van der Waals surface area contributed by atoms with E-state index in [0.29, 0.717) is 52.1 Å². The number of nitrogens with zero attached hydrogens (tertiary/aromatic N) is 2. The summed E-state index contributed by atoms with van der Waals surface area (Å²) in [4.78, 5) is 29.7. The lowest BCUT2D eigenvalue weighted by Gasteiger charge is -2.21. The van der Waals surface area contributed by atoms with Crippen LogP contribution in [0.2, 0.25) is 10.0 Å². The molecule has 1 aliphatic rings. The zero-order valence-electron chi connectivity index (χ0n) is 19.2. The van der Waals surface area contributed by atoms with Gasteiger partial charge in [0.2, 0.25) is 5.91 Å². The fourth-order valence-electron chi connectivity index (χ4n) is 3.72. The van der Waals surface area contributed by atoms with Crippen LogP contribution in [0.15, 0.2) is 35.1 Å². The molecule has 1 aliphatic carbocycles. The Balaban J connectivity index is 1.50. The fourth-order valence-corrected chi connectivity index (χ4v) is 4.27. The van der Waals surface area contributed by atoms with Crippen molar-refractivity contribution in [3.8, 4) is 16.9 Å². The third-order valence-electron chi connectivity index (χ3n) is 5.77. The van der Waals surface area contributed by atoms with Crippen LogP contribution in [-0.2, 0) is 4.79 Å². The number of ether oxygens (including phenoxy) is 1. The minimum absolute atomic E-state index is 0.0465. The van der Waals surface area contributed by atoms with Crippen molar-refractivity contribution >= 4 is 35.0 Å². The number of carbonyl (C=O) groups excluding carboxylic acids is 2. The van der Waals surface area contributed by atoms with Gasteiger partial charge in [-0.3, -0.25) is 14.6 Å². The predicted octanol–water partition coefficient (Wildman–Crippen LogP) is 5.03. The second kappa shape index (κ2) is 9.83. The highest BCUT2D eigenvalue weighted by Crippen LogP contribution is 2.40. The molecule has 2 N–H and O–H groups in total. The topological polar surface area (TPSA) is 106 Å². The average Bonchev–Trinajstić information content (AvgIpc) is 3.46. The third kappa shape index (κ3) is 5.11. The lowest BCUT2D eigenvalue weighted by molar-refractivity contribution is -0.124. The lowest BCUT2D eigenvalue weighted by Crippen LogP contribution is -2.49. The number of aromatic nitrogens is 2. The molecule has 3 aromatic rings. The number of rotatable bonds is 8. The molecule has 0 saturated heterocycles. The Morgan fingerprint density at radius 1 is 1.26 bits per heavy atom. The van der Waals surface area contributed by atoms with Crippen LogP contribution in [0.25, 0.3) is 11.1 Å². The van der Waals surface area contributed by atoms with Crippen LogP contribution in [-0.4, -0.2) is 34.1 Å². The second-order valence-electron chi connectivity index (χ2n) is 8.32. The normalized spacial score (nSPS) is 14.8. The first-order valence-electron chi connectivity index (χ1n) is 11.0. The van der Waals surface area contributed by atoms with Gasteiger partial charge in [0.25, 0.3) is 5.91 Å². The maximum atomic E-state index is 15.1. The van der Waals surface area contributed by atoms with Crippen molar-refractivity contribution in [2.24, 2.45) is 0 Å². The number of hydrogen-bond donors (Lipinski definition) is 2.